The van der Waals surface area contributed by atoms with Gasteiger partial charge in [-0.2, -0.15) is 0 Å². The number of carbonyl (C=O) groups is 1. The Morgan fingerprint density at radius 1 is 1.07 bits per heavy atom. The number of thioether (sulfide) groups is 2. The molecule has 4 rings (SSSR count). The van der Waals surface area contributed by atoms with Crippen LogP contribution in [0.25, 0.3) is 0 Å². The number of nitrogens with one attached hydrogen (secondary N) is 1. The van der Waals surface area contributed by atoms with E-state index >= 15 is 0 Å². The summed E-state index contributed by atoms with van der Waals surface area (Å²) in [4.78, 5) is 13.6. The van der Waals surface area contributed by atoms with Crippen molar-refractivity contribution in [1.82, 2.24) is 20.2 Å². The van der Waals surface area contributed by atoms with Crippen LogP contribution >= 0.6 is 23.5 Å². The molecule has 27 heavy (non-hydrogen) atoms. The Labute approximate surface area is 168 Å². The number of anilines is 1. The zero-order valence-electron chi connectivity index (χ0n) is 15.3. The van der Waals surface area contributed by atoms with Crippen LogP contribution in [-0.2, 0) is 4.79 Å². The Kier molecular flexibility index (Phi) is 6.34. The number of nitrogens with zero attached hydrogens (tertiary/aromatic N) is 4. The van der Waals surface area contributed by atoms with Gasteiger partial charge < -0.3 is 5.32 Å². The van der Waals surface area contributed by atoms with Crippen molar-refractivity contribution in [2.24, 2.45) is 0 Å². The van der Waals surface area contributed by atoms with Crippen molar-refractivity contribution in [3.05, 3.63) is 24.3 Å². The molecule has 0 unspecified atom stereocenters. The second kappa shape index (κ2) is 9.10. The van der Waals surface area contributed by atoms with Gasteiger partial charge in [-0.25, -0.2) is 4.68 Å². The molecule has 144 valence electrons. The molecule has 1 N–H and O–H groups in total. The van der Waals surface area contributed by atoms with Crippen LogP contribution in [0.15, 0.2) is 34.3 Å². The average molecular weight is 404 g/mol. The lowest BCUT2D eigenvalue weighted by Crippen LogP contribution is -2.15. The van der Waals surface area contributed by atoms with Gasteiger partial charge in [0.05, 0.1) is 11.8 Å². The van der Waals surface area contributed by atoms with Gasteiger partial charge in [0.25, 0.3) is 0 Å². The lowest BCUT2D eigenvalue weighted by Gasteiger charge is -2.11. The van der Waals surface area contributed by atoms with E-state index in [4.69, 9.17) is 0 Å². The molecular weight excluding hydrogens is 378 g/mol. The fourth-order valence-electron chi connectivity index (χ4n) is 3.80. The molecule has 1 heterocycles. The Balaban J connectivity index is 1.26. The monoisotopic (exact) mass is 403 g/mol. The first-order chi connectivity index (χ1) is 13.3. The Morgan fingerprint density at radius 3 is 2.52 bits per heavy atom. The van der Waals surface area contributed by atoms with Gasteiger partial charge in [0.1, 0.15) is 0 Å². The maximum atomic E-state index is 12.3. The second-order valence-corrected chi connectivity index (χ2v) is 9.55. The van der Waals surface area contributed by atoms with Crippen LogP contribution in [0.2, 0.25) is 0 Å². The highest BCUT2D eigenvalue weighted by molar-refractivity contribution is 8.00. The molecule has 1 aromatic heterocycles. The van der Waals surface area contributed by atoms with Gasteiger partial charge in [-0.05, 0) is 60.4 Å². The number of hydrogen-bond acceptors (Lipinski definition) is 6. The minimum atomic E-state index is -0.0304. The third-order valence-electron chi connectivity index (χ3n) is 5.21. The van der Waals surface area contributed by atoms with Crippen LogP contribution in [0.4, 0.5) is 5.69 Å². The number of tetrazole rings is 1. The minimum absolute atomic E-state index is 0.0304. The van der Waals surface area contributed by atoms with Crippen molar-refractivity contribution < 1.29 is 4.79 Å². The van der Waals surface area contributed by atoms with Crippen molar-refractivity contribution in [3.8, 4) is 0 Å². The third-order valence-corrected chi connectivity index (χ3v) is 7.49. The summed E-state index contributed by atoms with van der Waals surface area (Å²) in [6, 6.07) is 8.57. The number of carbonyl (C=O) groups excluding carboxylic acids is 1. The largest absolute Gasteiger partial charge is 0.325 e. The Bertz CT molecular complexity index is 752. The summed E-state index contributed by atoms with van der Waals surface area (Å²) < 4.78 is 1.89. The standard InChI is InChI=1S/C19H25N5OS2/c25-18(13-26-19-21-22-23-24(19)15-5-1-2-6-15)20-14-9-11-17(12-10-14)27-16-7-3-4-8-16/h9-12,15-16H,1-8,13H2,(H,20,25). The molecule has 6 nitrogen and oxygen atoms in total. The summed E-state index contributed by atoms with van der Waals surface area (Å²) in [6.45, 7) is 0. The van der Waals surface area contributed by atoms with Gasteiger partial charge in [-0.3, -0.25) is 4.79 Å². The van der Waals surface area contributed by atoms with Crippen molar-refractivity contribution >= 4 is 35.1 Å². The van der Waals surface area contributed by atoms with Crippen molar-refractivity contribution in [2.75, 3.05) is 11.1 Å². The number of aromatic nitrogens is 4. The average Bonchev–Trinajstić information content (AvgIpc) is 3.43. The first kappa shape index (κ1) is 18.8. The number of hydrogen-bond donors (Lipinski definition) is 1. The van der Waals surface area contributed by atoms with Gasteiger partial charge in [0, 0.05) is 15.8 Å². The smallest absolute Gasteiger partial charge is 0.234 e. The fraction of sp³-hybridized carbons (Fsp3) is 0.579. The van der Waals surface area contributed by atoms with E-state index in [-0.39, 0.29) is 5.91 Å². The summed E-state index contributed by atoms with van der Waals surface area (Å²) in [5.41, 5.74) is 0.840. The Hall–Kier alpha value is -1.54. The molecule has 0 saturated heterocycles. The van der Waals surface area contributed by atoms with Crippen molar-refractivity contribution in [3.63, 3.8) is 0 Å². The van der Waals surface area contributed by atoms with E-state index in [1.165, 1.54) is 55.2 Å². The number of benzene rings is 1. The predicted octanol–water partition coefficient (Wildman–Crippen LogP) is 4.55. The van der Waals surface area contributed by atoms with Crippen LogP contribution in [0.3, 0.4) is 0 Å². The van der Waals surface area contributed by atoms with E-state index in [0.717, 1.165) is 28.9 Å². The van der Waals surface area contributed by atoms with Gasteiger partial charge >= 0.3 is 0 Å². The zero-order chi connectivity index (χ0) is 18.5. The Morgan fingerprint density at radius 2 is 1.78 bits per heavy atom. The predicted molar refractivity (Wildman–Crippen MR) is 109 cm³/mol. The van der Waals surface area contributed by atoms with E-state index < -0.39 is 0 Å². The van der Waals surface area contributed by atoms with Gasteiger partial charge in [-0.1, -0.05) is 37.4 Å². The minimum Gasteiger partial charge on any atom is -0.325 e. The SMILES string of the molecule is O=C(CSc1nnnn1C1CCCC1)Nc1ccc(SC2CCCC2)cc1. The van der Waals surface area contributed by atoms with Crippen molar-refractivity contribution in [2.45, 2.75) is 72.7 Å². The van der Waals surface area contributed by atoms with Gasteiger partial charge in [-0.15, -0.1) is 16.9 Å². The van der Waals surface area contributed by atoms with Crippen molar-refractivity contribution in [1.29, 1.82) is 0 Å². The molecule has 8 heteroatoms. The summed E-state index contributed by atoms with van der Waals surface area (Å²) >= 11 is 3.36. The number of amides is 1. The van der Waals surface area contributed by atoms with Crippen LogP contribution in [-0.4, -0.2) is 37.1 Å². The van der Waals surface area contributed by atoms with Gasteiger partial charge in [0.15, 0.2) is 0 Å². The lowest BCUT2D eigenvalue weighted by molar-refractivity contribution is -0.113. The molecule has 0 radical (unpaired) electrons. The first-order valence-corrected chi connectivity index (χ1v) is 11.6. The van der Waals surface area contributed by atoms with Gasteiger partial charge in [0.2, 0.25) is 11.1 Å². The van der Waals surface area contributed by atoms with E-state index in [1.54, 1.807) is 0 Å². The molecule has 0 bridgehead atoms. The molecule has 1 aromatic carbocycles. The normalized spacial score (nSPS) is 18.2. The molecule has 2 saturated carbocycles. The van der Waals surface area contributed by atoms with E-state index in [1.807, 2.05) is 28.6 Å². The highest BCUT2D eigenvalue weighted by Crippen LogP contribution is 2.35. The molecular formula is C19H25N5OS2. The maximum Gasteiger partial charge on any atom is 0.234 e. The van der Waals surface area contributed by atoms with E-state index in [9.17, 15) is 4.79 Å². The molecule has 2 aliphatic rings. The fourth-order valence-corrected chi connectivity index (χ4v) is 5.79. The topological polar surface area (TPSA) is 72.7 Å². The quantitative estimate of drug-likeness (QED) is 0.684. The highest BCUT2D eigenvalue weighted by atomic mass is 32.2. The zero-order valence-corrected chi connectivity index (χ0v) is 17.0. The molecule has 2 fully saturated rings. The van der Waals surface area contributed by atoms with Crippen LogP contribution in [0.5, 0.6) is 0 Å². The van der Waals surface area contributed by atoms with Crippen LogP contribution in [0, 0.1) is 0 Å². The maximum absolute atomic E-state index is 12.3. The number of rotatable bonds is 7. The summed E-state index contributed by atoms with van der Waals surface area (Å²) in [7, 11) is 0. The molecule has 1 amide bonds. The molecule has 0 aliphatic heterocycles. The molecule has 0 spiro atoms. The highest BCUT2D eigenvalue weighted by Gasteiger charge is 2.22. The summed E-state index contributed by atoms with van der Waals surface area (Å²) in [6.07, 6.45) is 10.0. The molecule has 2 aromatic rings. The lowest BCUT2D eigenvalue weighted by atomic mass is 10.3. The first-order valence-electron chi connectivity index (χ1n) is 9.75. The second-order valence-electron chi connectivity index (χ2n) is 7.23. The van der Waals surface area contributed by atoms with E-state index in [0.29, 0.717) is 11.8 Å². The summed E-state index contributed by atoms with van der Waals surface area (Å²) in [5, 5.41) is 16.4. The summed E-state index contributed by atoms with van der Waals surface area (Å²) in [5.74, 6) is 0.281. The van der Waals surface area contributed by atoms with Crippen LogP contribution in [0.1, 0.15) is 57.4 Å². The molecule has 0 atom stereocenters. The molecule has 2 aliphatic carbocycles. The third kappa shape index (κ3) is 5.04. The van der Waals surface area contributed by atoms with E-state index in [2.05, 4.69) is 33.0 Å². The van der Waals surface area contributed by atoms with Crippen LogP contribution < -0.4 is 5.32 Å².